The summed E-state index contributed by atoms with van der Waals surface area (Å²) in [5.74, 6) is 0.812. The van der Waals surface area contributed by atoms with Crippen molar-refractivity contribution < 1.29 is 5.11 Å². The third-order valence-corrected chi connectivity index (χ3v) is 2.91. The molecule has 1 fully saturated rings. The van der Waals surface area contributed by atoms with Crippen molar-refractivity contribution in [1.82, 2.24) is 5.32 Å². The van der Waals surface area contributed by atoms with Crippen LogP contribution in [0, 0.1) is 5.92 Å². The lowest BCUT2D eigenvalue weighted by Gasteiger charge is -2.34. The van der Waals surface area contributed by atoms with Crippen molar-refractivity contribution in [3.63, 3.8) is 0 Å². The smallest absolute Gasteiger partial charge is 0.0771 e. The molecule has 1 saturated carbocycles. The van der Waals surface area contributed by atoms with Crippen LogP contribution in [0.2, 0.25) is 0 Å². The first-order chi connectivity index (χ1) is 5.66. The van der Waals surface area contributed by atoms with Crippen LogP contribution in [-0.2, 0) is 0 Å². The van der Waals surface area contributed by atoms with Crippen molar-refractivity contribution >= 4 is 0 Å². The summed E-state index contributed by atoms with van der Waals surface area (Å²) in [5, 5.41) is 13.3. The predicted molar refractivity (Wildman–Crippen MR) is 51.1 cm³/mol. The lowest BCUT2D eigenvalue weighted by molar-refractivity contribution is -0.00562. The molecule has 0 aliphatic heterocycles. The van der Waals surface area contributed by atoms with E-state index < -0.39 is 5.60 Å². The molecule has 1 rings (SSSR count). The predicted octanol–water partition coefficient (Wildman–Crippen LogP) is 1.54. The van der Waals surface area contributed by atoms with Crippen LogP contribution in [0.1, 0.15) is 39.5 Å². The zero-order valence-electron chi connectivity index (χ0n) is 8.27. The highest BCUT2D eigenvalue weighted by Gasteiger charge is 2.30. The fourth-order valence-corrected chi connectivity index (χ4v) is 1.83. The van der Waals surface area contributed by atoms with Gasteiger partial charge in [-0.05, 0) is 38.1 Å². The Morgan fingerprint density at radius 3 is 2.50 bits per heavy atom. The molecule has 0 aromatic heterocycles. The van der Waals surface area contributed by atoms with E-state index >= 15 is 0 Å². The van der Waals surface area contributed by atoms with Crippen molar-refractivity contribution in [3.05, 3.63) is 0 Å². The lowest BCUT2D eigenvalue weighted by atomic mass is 9.79. The van der Waals surface area contributed by atoms with Crippen molar-refractivity contribution in [2.45, 2.75) is 45.1 Å². The average Bonchev–Trinajstić information content (AvgIpc) is 2.08. The Hall–Kier alpha value is -0.0800. The molecule has 0 spiro atoms. The van der Waals surface area contributed by atoms with Gasteiger partial charge in [0.05, 0.1) is 5.60 Å². The van der Waals surface area contributed by atoms with Gasteiger partial charge in [0.2, 0.25) is 0 Å². The topological polar surface area (TPSA) is 32.3 Å². The summed E-state index contributed by atoms with van der Waals surface area (Å²) in [6.45, 7) is 6.08. The molecule has 0 amide bonds. The molecule has 2 heteroatoms. The first-order valence-corrected chi connectivity index (χ1v) is 5.09. The number of hydrogen-bond acceptors (Lipinski definition) is 2. The summed E-state index contributed by atoms with van der Waals surface area (Å²) < 4.78 is 0. The zero-order chi connectivity index (χ0) is 9.03. The summed E-state index contributed by atoms with van der Waals surface area (Å²) >= 11 is 0. The van der Waals surface area contributed by atoms with Crippen molar-refractivity contribution in [1.29, 1.82) is 0 Å². The third kappa shape index (κ3) is 2.76. The minimum Gasteiger partial charge on any atom is -0.389 e. The Labute approximate surface area is 75.4 Å². The van der Waals surface area contributed by atoms with Gasteiger partial charge in [0.1, 0.15) is 0 Å². The summed E-state index contributed by atoms with van der Waals surface area (Å²) in [5.41, 5.74) is -0.400. The molecule has 0 heterocycles. The fourth-order valence-electron chi connectivity index (χ4n) is 1.83. The van der Waals surface area contributed by atoms with Crippen LogP contribution < -0.4 is 5.32 Å². The zero-order valence-corrected chi connectivity index (χ0v) is 8.27. The number of rotatable bonds is 3. The van der Waals surface area contributed by atoms with Crippen LogP contribution in [0.3, 0.4) is 0 Å². The Balaban J connectivity index is 2.29. The van der Waals surface area contributed by atoms with Gasteiger partial charge in [0, 0.05) is 6.54 Å². The van der Waals surface area contributed by atoms with E-state index in [9.17, 15) is 5.11 Å². The van der Waals surface area contributed by atoms with Gasteiger partial charge in [-0.3, -0.25) is 0 Å². The maximum atomic E-state index is 10.1. The molecule has 2 nitrogen and oxygen atoms in total. The molecule has 1 aliphatic rings. The van der Waals surface area contributed by atoms with Gasteiger partial charge < -0.3 is 10.4 Å². The molecule has 0 radical (unpaired) electrons. The van der Waals surface area contributed by atoms with E-state index in [0.717, 1.165) is 31.8 Å². The average molecular weight is 171 g/mol. The quantitative estimate of drug-likeness (QED) is 0.675. The van der Waals surface area contributed by atoms with Gasteiger partial charge in [0.15, 0.2) is 0 Å². The second kappa shape index (κ2) is 4.24. The molecule has 0 atom stereocenters. The summed E-state index contributed by atoms with van der Waals surface area (Å²) in [7, 11) is 0. The molecular formula is C10H21NO. The minimum atomic E-state index is -0.400. The molecule has 1 aliphatic carbocycles. The van der Waals surface area contributed by atoms with Crippen molar-refractivity contribution in [3.8, 4) is 0 Å². The third-order valence-electron chi connectivity index (χ3n) is 2.91. The van der Waals surface area contributed by atoms with E-state index in [0.29, 0.717) is 0 Å². The molecule has 0 saturated heterocycles. The van der Waals surface area contributed by atoms with Crippen LogP contribution in [-0.4, -0.2) is 23.8 Å². The normalized spacial score (nSPS) is 36.8. The second-order valence-electron chi connectivity index (χ2n) is 4.19. The molecule has 0 aromatic carbocycles. The molecule has 2 N–H and O–H groups in total. The van der Waals surface area contributed by atoms with E-state index in [1.807, 2.05) is 0 Å². The van der Waals surface area contributed by atoms with Gasteiger partial charge in [-0.15, -0.1) is 0 Å². The van der Waals surface area contributed by atoms with Gasteiger partial charge in [-0.1, -0.05) is 13.8 Å². The van der Waals surface area contributed by atoms with Crippen molar-refractivity contribution in [2.75, 3.05) is 13.1 Å². The van der Waals surface area contributed by atoms with E-state index in [4.69, 9.17) is 0 Å². The number of hydrogen-bond donors (Lipinski definition) is 2. The Morgan fingerprint density at radius 1 is 1.42 bits per heavy atom. The van der Waals surface area contributed by atoms with Gasteiger partial charge in [-0.25, -0.2) is 0 Å². The van der Waals surface area contributed by atoms with Crippen molar-refractivity contribution in [2.24, 2.45) is 5.92 Å². The monoisotopic (exact) mass is 171 g/mol. The van der Waals surface area contributed by atoms with Crippen LogP contribution in [0.25, 0.3) is 0 Å². The highest BCUT2D eigenvalue weighted by atomic mass is 16.3. The molecule has 72 valence electrons. The van der Waals surface area contributed by atoms with Crippen LogP contribution in [0.5, 0.6) is 0 Å². The maximum Gasteiger partial charge on any atom is 0.0771 e. The summed E-state index contributed by atoms with van der Waals surface area (Å²) in [6.07, 6.45) is 4.31. The van der Waals surface area contributed by atoms with Gasteiger partial charge in [-0.2, -0.15) is 0 Å². The summed E-state index contributed by atoms with van der Waals surface area (Å²) in [6, 6.07) is 0. The van der Waals surface area contributed by atoms with Gasteiger partial charge >= 0.3 is 0 Å². The second-order valence-corrected chi connectivity index (χ2v) is 4.19. The van der Waals surface area contributed by atoms with E-state index in [1.54, 1.807) is 0 Å². The lowest BCUT2D eigenvalue weighted by Crippen LogP contribution is -2.43. The maximum absolute atomic E-state index is 10.1. The SMILES string of the molecule is CCNCC1(O)CCC(C)CC1. The van der Waals surface area contributed by atoms with Crippen LogP contribution >= 0.6 is 0 Å². The Bertz CT molecular complexity index is 122. The molecule has 0 bridgehead atoms. The minimum absolute atomic E-state index is 0.400. The molecular weight excluding hydrogens is 150 g/mol. The summed E-state index contributed by atoms with van der Waals surface area (Å²) in [4.78, 5) is 0. The largest absolute Gasteiger partial charge is 0.389 e. The Morgan fingerprint density at radius 2 is 2.00 bits per heavy atom. The first-order valence-electron chi connectivity index (χ1n) is 5.09. The highest BCUT2D eigenvalue weighted by Crippen LogP contribution is 2.31. The first kappa shape index (κ1) is 10.0. The fraction of sp³-hybridized carbons (Fsp3) is 1.00. The van der Waals surface area contributed by atoms with Crippen LogP contribution in [0.4, 0.5) is 0 Å². The highest BCUT2D eigenvalue weighted by molar-refractivity contribution is 4.85. The van der Waals surface area contributed by atoms with Gasteiger partial charge in [0.25, 0.3) is 0 Å². The van der Waals surface area contributed by atoms with E-state index in [1.165, 1.54) is 12.8 Å². The molecule has 0 aromatic rings. The number of likely N-dealkylation sites (N-methyl/N-ethyl adjacent to an activating group) is 1. The number of aliphatic hydroxyl groups is 1. The Kier molecular flexibility index (Phi) is 3.53. The number of nitrogens with one attached hydrogen (secondary N) is 1. The standard InChI is InChI=1S/C10H21NO/c1-3-11-8-10(12)6-4-9(2)5-7-10/h9,11-12H,3-8H2,1-2H3. The van der Waals surface area contributed by atoms with E-state index in [-0.39, 0.29) is 0 Å². The van der Waals surface area contributed by atoms with Crippen LogP contribution in [0.15, 0.2) is 0 Å². The molecule has 0 unspecified atom stereocenters. The molecule has 12 heavy (non-hydrogen) atoms. The van der Waals surface area contributed by atoms with E-state index in [2.05, 4.69) is 19.2 Å².